The SMILES string of the molecule is O=C(NC1CCCCC1)[C@@H]1[C@@H](O)[C@@H](O)CN1C(=O)c1cccnc1. The molecule has 0 radical (unpaired) electrons. The van der Waals surface area contributed by atoms with Crippen molar-refractivity contribution >= 4 is 11.8 Å². The first-order chi connectivity index (χ1) is 11.6. The molecule has 1 aliphatic heterocycles. The second kappa shape index (κ2) is 7.27. The Hall–Kier alpha value is -1.99. The number of carbonyl (C=O) groups excluding carboxylic acids is 2. The number of aromatic nitrogens is 1. The third-order valence-corrected chi connectivity index (χ3v) is 4.83. The number of aliphatic hydroxyl groups excluding tert-OH is 2. The maximum absolute atomic E-state index is 12.6. The van der Waals surface area contributed by atoms with Gasteiger partial charge in [0, 0.05) is 18.4 Å². The Morgan fingerprint density at radius 1 is 1.21 bits per heavy atom. The fourth-order valence-corrected chi connectivity index (χ4v) is 3.51. The third-order valence-electron chi connectivity index (χ3n) is 4.83. The number of likely N-dealkylation sites (tertiary alicyclic amines) is 1. The summed E-state index contributed by atoms with van der Waals surface area (Å²) in [5.41, 5.74) is 0.328. The molecule has 2 aliphatic rings. The topological polar surface area (TPSA) is 103 Å². The van der Waals surface area contributed by atoms with Crippen LogP contribution in [0.2, 0.25) is 0 Å². The van der Waals surface area contributed by atoms with Gasteiger partial charge in [0.25, 0.3) is 5.91 Å². The number of rotatable bonds is 3. The minimum Gasteiger partial charge on any atom is -0.388 e. The molecule has 3 N–H and O–H groups in total. The number of hydrogen-bond donors (Lipinski definition) is 3. The predicted octanol–water partition coefficient (Wildman–Crippen LogP) is 0.0767. The number of β-amino-alcohol motifs (C(OH)–C–C–N with tert-alkyl or cyclic N) is 1. The van der Waals surface area contributed by atoms with Gasteiger partial charge >= 0.3 is 0 Å². The highest BCUT2D eigenvalue weighted by Crippen LogP contribution is 2.23. The molecule has 3 rings (SSSR count). The molecule has 2 amide bonds. The molecule has 7 heteroatoms. The van der Waals surface area contributed by atoms with Crippen molar-refractivity contribution in [1.82, 2.24) is 15.2 Å². The highest BCUT2D eigenvalue weighted by atomic mass is 16.3. The van der Waals surface area contributed by atoms with Crippen LogP contribution in [0, 0.1) is 0 Å². The molecule has 130 valence electrons. The molecule has 2 fully saturated rings. The first-order valence-corrected chi connectivity index (χ1v) is 8.45. The van der Waals surface area contributed by atoms with Gasteiger partial charge in [0.15, 0.2) is 0 Å². The van der Waals surface area contributed by atoms with E-state index in [1.54, 1.807) is 18.3 Å². The summed E-state index contributed by atoms with van der Waals surface area (Å²) in [7, 11) is 0. The van der Waals surface area contributed by atoms with Gasteiger partial charge in [0.1, 0.15) is 18.2 Å². The molecule has 24 heavy (non-hydrogen) atoms. The van der Waals surface area contributed by atoms with Gasteiger partial charge in [-0.2, -0.15) is 0 Å². The monoisotopic (exact) mass is 333 g/mol. The standard InChI is InChI=1S/C17H23N3O4/c21-13-10-20(17(24)11-5-4-8-18-9-11)14(15(13)22)16(23)19-12-6-2-1-3-7-12/h4-5,8-9,12-15,21-22H,1-3,6-7,10H2,(H,19,23)/t13-,14-,15-/m0/s1. The summed E-state index contributed by atoms with van der Waals surface area (Å²) < 4.78 is 0. The lowest BCUT2D eigenvalue weighted by Crippen LogP contribution is -2.53. The molecular weight excluding hydrogens is 310 g/mol. The zero-order chi connectivity index (χ0) is 17.1. The fraction of sp³-hybridized carbons (Fsp3) is 0.588. The largest absolute Gasteiger partial charge is 0.388 e. The van der Waals surface area contributed by atoms with Crippen LogP contribution in [0.25, 0.3) is 0 Å². The van der Waals surface area contributed by atoms with Crippen LogP contribution in [0.3, 0.4) is 0 Å². The van der Waals surface area contributed by atoms with Gasteiger partial charge in [0.2, 0.25) is 5.91 Å². The minimum absolute atomic E-state index is 0.0718. The van der Waals surface area contributed by atoms with Crippen molar-refractivity contribution in [3.63, 3.8) is 0 Å². The van der Waals surface area contributed by atoms with E-state index >= 15 is 0 Å². The lowest BCUT2D eigenvalue weighted by Gasteiger charge is -2.29. The van der Waals surface area contributed by atoms with Crippen LogP contribution in [0.5, 0.6) is 0 Å². The highest BCUT2D eigenvalue weighted by Gasteiger charge is 2.47. The quantitative estimate of drug-likeness (QED) is 0.727. The van der Waals surface area contributed by atoms with E-state index in [-0.39, 0.29) is 12.6 Å². The molecule has 0 aromatic carbocycles. The molecular formula is C17H23N3O4. The maximum Gasteiger partial charge on any atom is 0.256 e. The van der Waals surface area contributed by atoms with Crippen LogP contribution in [0.15, 0.2) is 24.5 Å². The predicted molar refractivity (Wildman–Crippen MR) is 86.1 cm³/mol. The van der Waals surface area contributed by atoms with Crippen molar-refractivity contribution < 1.29 is 19.8 Å². The Balaban J connectivity index is 1.75. The van der Waals surface area contributed by atoms with Crippen molar-refractivity contribution in [2.24, 2.45) is 0 Å². The number of nitrogens with zero attached hydrogens (tertiary/aromatic N) is 2. The van der Waals surface area contributed by atoms with E-state index in [4.69, 9.17) is 0 Å². The Kier molecular flexibility index (Phi) is 5.11. The number of carbonyl (C=O) groups is 2. The van der Waals surface area contributed by atoms with E-state index < -0.39 is 30.1 Å². The molecule has 1 saturated heterocycles. The number of hydrogen-bond acceptors (Lipinski definition) is 5. The van der Waals surface area contributed by atoms with Crippen LogP contribution in [0.1, 0.15) is 42.5 Å². The Morgan fingerprint density at radius 2 is 1.96 bits per heavy atom. The molecule has 3 atom stereocenters. The zero-order valence-electron chi connectivity index (χ0n) is 13.5. The van der Waals surface area contributed by atoms with Crippen molar-refractivity contribution in [1.29, 1.82) is 0 Å². The van der Waals surface area contributed by atoms with Crippen molar-refractivity contribution in [3.8, 4) is 0 Å². The number of nitrogens with one attached hydrogen (secondary N) is 1. The van der Waals surface area contributed by atoms with E-state index in [0.717, 1.165) is 25.7 Å². The molecule has 0 bridgehead atoms. The van der Waals surface area contributed by atoms with Crippen molar-refractivity contribution in [2.45, 2.75) is 56.4 Å². The molecule has 1 aliphatic carbocycles. The smallest absolute Gasteiger partial charge is 0.256 e. The van der Waals surface area contributed by atoms with Gasteiger partial charge in [-0.1, -0.05) is 19.3 Å². The van der Waals surface area contributed by atoms with Gasteiger partial charge in [-0.25, -0.2) is 0 Å². The van der Waals surface area contributed by atoms with E-state index in [9.17, 15) is 19.8 Å². The normalized spacial score (nSPS) is 27.9. The van der Waals surface area contributed by atoms with Crippen LogP contribution < -0.4 is 5.32 Å². The first-order valence-electron chi connectivity index (χ1n) is 8.45. The van der Waals surface area contributed by atoms with E-state index in [1.165, 1.54) is 17.5 Å². The highest BCUT2D eigenvalue weighted by molar-refractivity contribution is 5.98. The van der Waals surface area contributed by atoms with Gasteiger partial charge in [-0.05, 0) is 25.0 Å². The average Bonchev–Trinajstić information content (AvgIpc) is 2.91. The molecule has 0 spiro atoms. The van der Waals surface area contributed by atoms with Crippen LogP contribution in [-0.2, 0) is 4.79 Å². The molecule has 1 aromatic heterocycles. The summed E-state index contributed by atoms with van der Waals surface area (Å²) in [6, 6.07) is 2.23. The van der Waals surface area contributed by atoms with Crippen molar-refractivity contribution in [3.05, 3.63) is 30.1 Å². The second-order valence-electron chi connectivity index (χ2n) is 6.55. The summed E-state index contributed by atoms with van der Waals surface area (Å²) in [5.74, 6) is -0.814. The molecule has 1 saturated carbocycles. The van der Waals surface area contributed by atoms with Gasteiger partial charge in [0.05, 0.1) is 12.1 Å². The lowest BCUT2D eigenvalue weighted by molar-refractivity contribution is -0.128. The van der Waals surface area contributed by atoms with Crippen molar-refractivity contribution in [2.75, 3.05) is 6.54 Å². The lowest BCUT2D eigenvalue weighted by atomic mass is 9.95. The Morgan fingerprint density at radius 3 is 2.62 bits per heavy atom. The molecule has 2 heterocycles. The van der Waals surface area contributed by atoms with E-state index in [0.29, 0.717) is 5.56 Å². The molecule has 1 aromatic rings. The van der Waals surface area contributed by atoms with Gasteiger partial charge in [-0.15, -0.1) is 0 Å². The minimum atomic E-state index is -1.28. The van der Waals surface area contributed by atoms with Crippen LogP contribution >= 0.6 is 0 Å². The Labute approximate surface area is 140 Å². The molecule has 0 unspecified atom stereocenters. The van der Waals surface area contributed by atoms with Crippen LogP contribution in [-0.4, -0.2) is 62.7 Å². The summed E-state index contributed by atoms with van der Waals surface area (Å²) in [6.45, 7) is -0.0718. The summed E-state index contributed by atoms with van der Waals surface area (Å²) in [4.78, 5) is 30.4. The van der Waals surface area contributed by atoms with Crippen LogP contribution in [0.4, 0.5) is 0 Å². The number of amides is 2. The summed E-state index contributed by atoms with van der Waals surface area (Å²) in [5, 5.41) is 23.1. The van der Waals surface area contributed by atoms with Gasteiger partial charge in [-0.3, -0.25) is 14.6 Å². The maximum atomic E-state index is 12.6. The summed E-state index contributed by atoms with van der Waals surface area (Å²) >= 11 is 0. The average molecular weight is 333 g/mol. The number of aliphatic hydroxyl groups is 2. The second-order valence-corrected chi connectivity index (χ2v) is 6.55. The van der Waals surface area contributed by atoms with E-state index in [1.807, 2.05) is 0 Å². The third kappa shape index (κ3) is 3.42. The first kappa shape index (κ1) is 16.9. The fourth-order valence-electron chi connectivity index (χ4n) is 3.51. The zero-order valence-corrected chi connectivity index (χ0v) is 13.5. The van der Waals surface area contributed by atoms with E-state index in [2.05, 4.69) is 10.3 Å². The van der Waals surface area contributed by atoms with Gasteiger partial charge < -0.3 is 20.4 Å². The summed E-state index contributed by atoms with van der Waals surface area (Å²) in [6.07, 6.45) is 5.68. The Bertz CT molecular complexity index is 589. The molecule has 7 nitrogen and oxygen atoms in total. The number of pyridine rings is 1.